The van der Waals surface area contributed by atoms with Gasteiger partial charge in [-0.3, -0.25) is 19.3 Å². The van der Waals surface area contributed by atoms with Crippen molar-refractivity contribution in [2.45, 2.75) is 44.7 Å². The lowest BCUT2D eigenvalue weighted by Crippen LogP contribution is -2.48. The third kappa shape index (κ3) is 6.10. The Hall–Kier alpha value is -3.59. The maximum absolute atomic E-state index is 13.6. The minimum Gasteiger partial charge on any atom is -0.494 e. The van der Waals surface area contributed by atoms with E-state index >= 15 is 0 Å². The third-order valence-corrected chi connectivity index (χ3v) is 6.79. The fourth-order valence-corrected chi connectivity index (χ4v) is 5.03. The van der Waals surface area contributed by atoms with E-state index < -0.39 is 17.9 Å². The summed E-state index contributed by atoms with van der Waals surface area (Å²) in [5.74, 6) is -0.386. The van der Waals surface area contributed by atoms with Crippen LogP contribution in [0.15, 0.2) is 64.6 Å². The maximum Gasteiger partial charge on any atom is 0.287 e. The second-order valence-corrected chi connectivity index (χ2v) is 9.24. The number of carbonyl (C=O) groups is 3. The molecule has 4 rings (SSSR count). The highest BCUT2D eigenvalue weighted by Gasteiger charge is 2.35. The number of benzene rings is 1. The van der Waals surface area contributed by atoms with Crippen LogP contribution in [0.5, 0.6) is 5.75 Å². The number of hydrogen-bond acceptors (Lipinski definition) is 6. The van der Waals surface area contributed by atoms with E-state index in [0.29, 0.717) is 18.0 Å². The number of carbonyl (C=O) groups excluding carboxylic acids is 3. The average Bonchev–Trinajstić information content (AvgIpc) is 3.65. The third-order valence-electron chi connectivity index (χ3n) is 5.86. The molecule has 0 saturated heterocycles. The minimum absolute atomic E-state index is 0.0981. The smallest absolute Gasteiger partial charge is 0.287 e. The van der Waals surface area contributed by atoms with Gasteiger partial charge in [-0.2, -0.15) is 0 Å². The van der Waals surface area contributed by atoms with Gasteiger partial charge in [-0.15, -0.1) is 11.3 Å². The van der Waals surface area contributed by atoms with E-state index in [1.807, 2.05) is 24.4 Å². The van der Waals surface area contributed by atoms with Crippen LogP contribution in [0.4, 0.5) is 5.69 Å². The normalized spacial score (nSPS) is 14.3. The molecule has 35 heavy (non-hydrogen) atoms. The summed E-state index contributed by atoms with van der Waals surface area (Å²) in [6, 6.07) is 13.1. The number of nitrogens with zero attached hydrogens (tertiary/aromatic N) is 1. The summed E-state index contributed by atoms with van der Waals surface area (Å²) in [5.41, 5.74) is 0.533. The molecule has 0 radical (unpaired) electrons. The molecule has 1 atom stereocenters. The summed E-state index contributed by atoms with van der Waals surface area (Å²) in [5, 5.41) is 7.62. The van der Waals surface area contributed by atoms with Gasteiger partial charge in [0.1, 0.15) is 11.8 Å². The van der Waals surface area contributed by atoms with Crippen molar-refractivity contribution in [2.75, 3.05) is 18.1 Å². The van der Waals surface area contributed by atoms with Crippen LogP contribution in [0.2, 0.25) is 0 Å². The molecule has 0 bridgehead atoms. The second kappa shape index (κ2) is 11.7. The largest absolute Gasteiger partial charge is 0.494 e. The van der Waals surface area contributed by atoms with Crippen LogP contribution in [0, 0.1) is 0 Å². The maximum atomic E-state index is 13.6. The zero-order chi connectivity index (χ0) is 24.6. The van der Waals surface area contributed by atoms with Crippen LogP contribution >= 0.6 is 11.3 Å². The van der Waals surface area contributed by atoms with Gasteiger partial charge in [0.2, 0.25) is 11.8 Å². The Bertz CT molecular complexity index is 1110. The van der Waals surface area contributed by atoms with E-state index in [4.69, 9.17) is 9.15 Å². The zero-order valence-corrected chi connectivity index (χ0v) is 20.4. The SMILES string of the molecule is CCOc1ccc(N(C(=O)CNC(=O)c2ccco2)[C@@H](C(=O)NC2CCCC2)c2cccs2)cc1. The number of nitrogens with one attached hydrogen (secondary N) is 2. The first-order valence-electron chi connectivity index (χ1n) is 11.8. The number of anilines is 1. The number of ether oxygens (including phenoxy) is 1. The molecule has 1 aliphatic rings. The van der Waals surface area contributed by atoms with Gasteiger partial charge in [-0.05, 0) is 67.6 Å². The molecule has 2 heterocycles. The van der Waals surface area contributed by atoms with Crippen LogP contribution in [0.3, 0.4) is 0 Å². The molecule has 0 spiro atoms. The summed E-state index contributed by atoms with van der Waals surface area (Å²) in [4.78, 5) is 41.7. The van der Waals surface area contributed by atoms with Gasteiger partial charge >= 0.3 is 0 Å². The first-order valence-corrected chi connectivity index (χ1v) is 12.6. The number of rotatable bonds is 10. The summed E-state index contributed by atoms with van der Waals surface area (Å²) in [6.07, 6.45) is 5.41. The fraction of sp³-hybridized carbons (Fsp3) is 0.346. The number of thiophene rings is 1. The molecule has 0 aliphatic heterocycles. The van der Waals surface area contributed by atoms with E-state index in [1.165, 1.54) is 28.6 Å². The molecule has 3 amide bonds. The van der Waals surface area contributed by atoms with E-state index in [2.05, 4.69) is 10.6 Å². The molecule has 1 saturated carbocycles. The van der Waals surface area contributed by atoms with E-state index in [9.17, 15) is 14.4 Å². The van der Waals surface area contributed by atoms with Crippen LogP contribution in [-0.4, -0.2) is 36.9 Å². The zero-order valence-electron chi connectivity index (χ0n) is 19.6. The predicted molar refractivity (Wildman–Crippen MR) is 134 cm³/mol. The lowest BCUT2D eigenvalue weighted by Gasteiger charge is -2.31. The molecule has 1 aliphatic carbocycles. The van der Waals surface area contributed by atoms with Crippen molar-refractivity contribution in [3.05, 3.63) is 70.8 Å². The van der Waals surface area contributed by atoms with E-state index in [1.54, 1.807) is 30.3 Å². The van der Waals surface area contributed by atoms with Gasteiger partial charge in [0.15, 0.2) is 5.76 Å². The molecule has 1 aromatic carbocycles. The number of furan rings is 1. The van der Waals surface area contributed by atoms with Gasteiger partial charge in [0, 0.05) is 16.6 Å². The Balaban J connectivity index is 1.63. The molecule has 184 valence electrons. The monoisotopic (exact) mass is 495 g/mol. The Morgan fingerprint density at radius 3 is 2.51 bits per heavy atom. The van der Waals surface area contributed by atoms with Crippen LogP contribution < -0.4 is 20.3 Å². The minimum atomic E-state index is -0.874. The van der Waals surface area contributed by atoms with Crippen LogP contribution in [0.25, 0.3) is 0 Å². The van der Waals surface area contributed by atoms with Crippen LogP contribution in [-0.2, 0) is 9.59 Å². The molecule has 9 heteroatoms. The lowest BCUT2D eigenvalue weighted by atomic mass is 10.1. The molecular weight excluding hydrogens is 466 g/mol. The van der Waals surface area contributed by atoms with Gasteiger partial charge in [0.25, 0.3) is 5.91 Å². The molecule has 3 aromatic rings. The van der Waals surface area contributed by atoms with Crippen molar-refractivity contribution < 1.29 is 23.5 Å². The van der Waals surface area contributed by atoms with E-state index in [0.717, 1.165) is 30.6 Å². The van der Waals surface area contributed by atoms with Gasteiger partial charge in [-0.1, -0.05) is 18.9 Å². The molecule has 1 fully saturated rings. The lowest BCUT2D eigenvalue weighted by molar-refractivity contribution is -0.126. The van der Waals surface area contributed by atoms with E-state index in [-0.39, 0.29) is 24.3 Å². The van der Waals surface area contributed by atoms with Crippen molar-refractivity contribution in [3.8, 4) is 5.75 Å². The Morgan fingerprint density at radius 1 is 1.11 bits per heavy atom. The Labute approximate surface area is 208 Å². The first kappa shape index (κ1) is 24.5. The van der Waals surface area contributed by atoms with Crippen molar-refractivity contribution in [1.82, 2.24) is 10.6 Å². The van der Waals surface area contributed by atoms with Gasteiger partial charge in [-0.25, -0.2) is 0 Å². The quantitative estimate of drug-likeness (QED) is 0.437. The topological polar surface area (TPSA) is 101 Å². The predicted octanol–water partition coefficient (Wildman–Crippen LogP) is 4.30. The highest BCUT2D eigenvalue weighted by atomic mass is 32.1. The number of hydrogen-bond donors (Lipinski definition) is 2. The molecule has 0 unspecified atom stereocenters. The second-order valence-electron chi connectivity index (χ2n) is 8.26. The van der Waals surface area contributed by atoms with Gasteiger partial charge in [0.05, 0.1) is 19.4 Å². The van der Waals surface area contributed by atoms with Crippen LogP contribution in [0.1, 0.15) is 54.1 Å². The molecular formula is C26H29N3O5S. The summed E-state index contributed by atoms with van der Waals surface area (Å²) < 4.78 is 10.7. The Morgan fingerprint density at radius 2 is 1.89 bits per heavy atom. The number of amides is 3. The fourth-order valence-electron chi connectivity index (χ4n) is 4.21. The van der Waals surface area contributed by atoms with Gasteiger partial charge < -0.3 is 19.8 Å². The first-order chi connectivity index (χ1) is 17.1. The van der Waals surface area contributed by atoms with Crippen molar-refractivity contribution in [3.63, 3.8) is 0 Å². The van der Waals surface area contributed by atoms with Crippen molar-refractivity contribution in [2.24, 2.45) is 0 Å². The van der Waals surface area contributed by atoms with Crippen molar-refractivity contribution in [1.29, 1.82) is 0 Å². The summed E-state index contributed by atoms with van der Waals surface area (Å²) >= 11 is 1.41. The molecule has 8 nitrogen and oxygen atoms in total. The Kier molecular flexibility index (Phi) is 8.20. The highest BCUT2D eigenvalue weighted by Crippen LogP contribution is 2.32. The highest BCUT2D eigenvalue weighted by molar-refractivity contribution is 7.10. The standard InChI is InChI=1S/C26H29N3O5S/c1-2-33-20-13-11-19(12-14-20)29(23(30)17-27-25(31)21-9-5-15-34-21)24(22-10-6-16-35-22)26(32)28-18-7-3-4-8-18/h5-6,9-16,18,24H,2-4,7-8,17H2,1H3,(H,27,31)(H,28,32)/t24-/m1/s1. The summed E-state index contributed by atoms with van der Waals surface area (Å²) in [7, 11) is 0. The van der Waals surface area contributed by atoms with Crippen molar-refractivity contribution >= 4 is 34.7 Å². The molecule has 2 N–H and O–H groups in total. The molecule has 2 aromatic heterocycles. The average molecular weight is 496 g/mol. The summed E-state index contributed by atoms with van der Waals surface area (Å²) in [6.45, 7) is 2.11.